The highest BCUT2D eigenvalue weighted by Crippen LogP contribution is 2.13. The molecule has 0 fully saturated rings. The van der Waals surface area contributed by atoms with Crippen LogP contribution in [0, 0.1) is 6.92 Å². The molecular weight excluding hydrogens is 290 g/mol. The Hall–Kier alpha value is -2.48. The Morgan fingerprint density at radius 3 is 2.90 bits per heavy atom. The predicted octanol–water partition coefficient (Wildman–Crippen LogP) is 1.83. The highest BCUT2D eigenvalue weighted by atomic mass is 32.1. The molecule has 0 unspecified atom stereocenters. The van der Waals surface area contributed by atoms with Crippen LogP contribution in [0.5, 0.6) is 5.75 Å². The van der Waals surface area contributed by atoms with Gasteiger partial charge >= 0.3 is 6.09 Å². The van der Waals surface area contributed by atoms with Gasteiger partial charge in [0.2, 0.25) is 4.96 Å². The Labute approximate surface area is 124 Å². The van der Waals surface area contributed by atoms with Gasteiger partial charge in [-0.2, -0.15) is 9.61 Å². The topological polar surface area (TPSA) is 81.4 Å². The molecule has 0 atom stereocenters. The highest BCUT2D eigenvalue weighted by Gasteiger charge is 2.09. The van der Waals surface area contributed by atoms with Crippen molar-refractivity contribution >= 4 is 22.4 Å². The number of hydrogen-bond acceptors (Lipinski definition) is 6. The van der Waals surface area contributed by atoms with Gasteiger partial charge in [-0.15, -0.1) is 10.2 Å². The summed E-state index contributed by atoms with van der Waals surface area (Å²) >= 11 is 1.46. The number of hydrogen-bond donors (Lipinski definition) is 1. The van der Waals surface area contributed by atoms with Gasteiger partial charge in [-0.05, 0) is 19.1 Å². The number of carbonyl (C=O) groups is 1. The fourth-order valence-corrected chi connectivity index (χ4v) is 2.64. The smallest absolute Gasteiger partial charge is 0.410 e. The van der Waals surface area contributed by atoms with Crippen molar-refractivity contribution in [2.75, 3.05) is 6.54 Å². The van der Waals surface area contributed by atoms with E-state index in [1.807, 2.05) is 25.1 Å². The number of ether oxygens (including phenoxy) is 1. The molecule has 1 amide bonds. The second-order valence-corrected chi connectivity index (χ2v) is 5.36. The third kappa shape index (κ3) is 3.16. The maximum absolute atomic E-state index is 11.6. The molecule has 3 rings (SSSR count). The van der Waals surface area contributed by atoms with Gasteiger partial charge in [-0.1, -0.05) is 29.5 Å². The Kier molecular flexibility index (Phi) is 3.78. The van der Waals surface area contributed by atoms with Crippen molar-refractivity contribution in [3.05, 3.63) is 41.2 Å². The van der Waals surface area contributed by atoms with Gasteiger partial charge in [0.05, 0.1) is 0 Å². The van der Waals surface area contributed by atoms with Crippen LogP contribution >= 0.6 is 11.3 Å². The van der Waals surface area contributed by atoms with Gasteiger partial charge in [0, 0.05) is 13.0 Å². The maximum Gasteiger partial charge on any atom is 0.412 e. The molecule has 0 saturated heterocycles. The number of aryl methyl sites for hydroxylation is 1. The molecule has 2 heterocycles. The number of rotatable bonds is 4. The molecule has 0 aliphatic heterocycles. The molecular formula is C13H13N5O2S. The number of nitrogens with zero attached hydrogens (tertiary/aromatic N) is 4. The molecule has 0 radical (unpaired) electrons. The standard InChI is InChI=1S/C13H13N5O2S/c1-9-15-16-12-18(9)17-11(21-12)7-8-14-13(19)20-10-5-3-2-4-6-10/h2-6H,7-8H2,1H3,(H,14,19). The van der Waals surface area contributed by atoms with E-state index in [2.05, 4.69) is 20.6 Å². The first kappa shape index (κ1) is 13.5. The SMILES string of the molecule is Cc1nnc2sc(CCNC(=O)Oc3ccccc3)nn12. The van der Waals surface area contributed by atoms with Crippen molar-refractivity contribution in [1.29, 1.82) is 0 Å². The lowest BCUT2D eigenvalue weighted by molar-refractivity contribution is 0.200. The molecule has 8 heteroatoms. The average molecular weight is 303 g/mol. The van der Waals surface area contributed by atoms with Crippen LogP contribution in [-0.4, -0.2) is 32.4 Å². The minimum Gasteiger partial charge on any atom is -0.410 e. The number of para-hydroxylation sites is 1. The summed E-state index contributed by atoms with van der Waals surface area (Å²) in [6.45, 7) is 2.30. The minimum absolute atomic E-state index is 0.453. The molecule has 0 saturated carbocycles. The molecule has 1 N–H and O–H groups in total. The van der Waals surface area contributed by atoms with Gasteiger partial charge in [-0.3, -0.25) is 0 Å². The van der Waals surface area contributed by atoms with Gasteiger partial charge in [0.25, 0.3) is 0 Å². The molecule has 21 heavy (non-hydrogen) atoms. The first-order valence-electron chi connectivity index (χ1n) is 6.41. The van der Waals surface area contributed by atoms with Crippen molar-refractivity contribution in [3.8, 4) is 5.75 Å². The first-order chi connectivity index (χ1) is 10.2. The molecule has 7 nitrogen and oxygen atoms in total. The number of carbonyl (C=O) groups excluding carboxylic acids is 1. The summed E-state index contributed by atoms with van der Waals surface area (Å²) in [4.78, 5) is 12.4. The average Bonchev–Trinajstić information content (AvgIpc) is 3.02. The quantitative estimate of drug-likeness (QED) is 0.795. The lowest BCUT2D eigenvalue weighted by Gasteiger charge is -2.05. The predicted molar refractivity (Wildman–Crippen MR) is 77.6 cm³/mol. The molecule has 108 valence electrons. The van der Waals surface area contributed by atoms with E-state index in [9.17, 15) is 4.79 Å². The first-order valence-corrected chi connectivity index (χ1v) is 7.22. The van der Waals surface area contributed by atoms with Gasteiger partial charge in [0.15, 0.2) is 5.82 Å². The van der Waals surface area contributed by atoms with Crippen molar-refractivity contribution in [2.24, 2.45) is 0 Å². The zero-order valence-corrected chi connectivity index (χ0v) is 12.1. The third-order valence-electron chi connectivity index (χ3n) is 2.75. The zero-order valence-electron chi connectivity index (χ0n) is 11.3. The molecule has 2 aromatic heterocycles. The maximum atomic E-state index is 11.6. The van der Waals surface area contributed by atoms with Crippen molar-refractivity contribution in [1.82, 2.24) is 25.1 Å². The van der Waals surface area contributed by atoms with E-state index in [1.54, 1.807) is 16.6 Å². The largest absolute Gasteiger partial charge is 0.412 e. The van der Waals surface area contributed by atoms with Crippen LogP contribution in [0.4, 0.5) is 4.79 Å². The van der Waals surface area contributed by atoms with Crippen LogP contribution in [-0.2, 0) is 6.42 Å². The fraction of sp³-hybridized carbons (Fsp3) is 0.231. The van der Waals surface area contributed by atoms with Crippen LogP contribution < -0.4 is 10.1 Å². The summed E-state index contributed by atoms with van der Waals surface area (Å²) < 4.78 is 6.82. The summed E-state index contributed by atoms with van der Waals surface area (Å²) in [6, 6.07) is 8.94. The normalized spacial score (nSPS) is 10.7. The van der Waals surface area contributed by atoms with E-state index in [0.29, 0.717) is 18.7 Å². The van der Waals surface area contributed by atoms with Crippen LogP contribution in [0.25, 0.3) is 4.96 Å². The number of nitrogens with one attached hydrogen (secondary N) is 1. The third-order valence-corrected chi connectivity index (χ3v) is 3.71. The second-order valence-electron chi connectivity index (χ2n) is 4.32. The molecule has 0 spiro atoms. The van der Waals surface area contributed by atoms with E-state index in [4.69, 9.17) is 4.74 Å². The Balaban J connectivity index is 1.50. The zero-order chi connectivity index (χ0) is 14.7. The van der Waals surface area contributed by atoms with Crippen LogP contribution in [0.2, 0.25) is 0 Å². The van der Waals surface area contributed by atoms with Gasteiger partial charge < -0.3 is 10.1 Å². The summed E-state index contributed by atoms with van der Waals surface area (Å²) in [5.41, 5.74) is 0. The number of benzene rings is 1. The number of fused-ring (bicyclic) bond motifs is 1. The second kappa shape index (κ2) is 5.88. The summed E-state index contributed by atoms with van der Waals surface area (Å²) in [6.07, 6.45) is 0.151. The Bertz CT molecular complexity index is 752. The van der Waals surface area contributed by atoms with Gasteiger partial charge in [0.1, 0.15) is 10.8 Å². The lowest BCUT2D eigenvalue weighted by atomic mass is 10.3. The Morgan fingerprint density at radius 1 is 1.33 bits per heavy atom. The van der Waals surface area contributed by atoms with Crippen LogP contribution in [0.3, 0.4) is 0 Å². The number of aromatic nitrogens is 4. The van der Waals surface area contributed by atoms with Crippen molar-refractivity contribution in [2.45, 2.75) is 13.3 Å². The summed E-state index contributed by atoms with van der Waals surface area (Å²) in [5, 5.41) is 15.9. The monoisotopic (exact) mass is 303 g/mol. The number of amides is 1. The van der Waals surface area contributed by atoms with Crippen LogP contribution in [0.1, 0.15) is 10.8 Å². The van der Waals surface area contributed by atoms with Crippen molar-refractivity contribution < 1.29 is 9.53 Å². The molecule has 0 aliphatic carbocycles. The molecule has 3 aromatic rings. The molecule has 0 bridgehead atoms. The molecule has 1 aromatic carbocycles. The lowest BCUT2D eigenvalue weighted by Crippen LogP contribution is -2.28. The van der Waals surface area contributed by atoms with E-state index in [0.717, 1.165) is 15.8 Å². The summed E-state index contributed by atoms with van der Waals surface area (Å²) in [7, 11) is 0. The van der Waals surface area contributed by atoms with E-state index in [1.165, 1.54) is 11.3 Å². The van der Waals surface area contributed by atoms with Gasteiger partial charge in [-0.25, -0.2) is 4.79 Å². The van der Waals surface area contributed by atoms with E-state index in [-0.39, 0.29) is 0 Å². The highest BCUT2D eigenvalue weighted by molar-refractivity contribution is 7.16. The van der Waals surface area contributed by atoms with Crippen LogP contribution in [0.15, 0.2) is 30.3 Å². The van der Waals surface area contributed by atoms with Crippen molar-refractivity contribution in [3.63, 3.8) is 0 Å². The van der Waals surface area contributed by atoms with E-state index >= 15 is 0 Å². The molecule has 0 aliphatic rings. The minimum atomic E-state index is -0.472. The van der Waals surface area contributed by atoms with E-state index < -0.39 is 6.09 Å². The summed E-state index contributed by atoms with van der Waals surface area (Å²) in [5.74, 6) is 1.27. The Morgan fingerprint density at radius 2 is 2.14 bits per heavy atom. The fourth-order valence-electron chi connectivity index (χ4n) is 1.76.